The lowest BCUT2D eigenvalue weighted by Gasteiger charge is -2.34. The zero-order chi connectivity index (χ0) is 19.6. The standard InChI is InChI=1S/C18H30N4O4S/c1-13-6-4-5-7-16(13)19-17(23)12-21-8-10-22(11-9-21)27(24,25)18-14(2)20-26-15(18)3/h13,16H,4-12H2,1-3H3,(H,19,23). The molecule has 1 N–H and O–H groups in total. The molecule has 1 saturated carbocycles. The van der Waals surface area contributed by atoms with Gasteiger partial charge in [-0.2, -0.15) is 4.31 Å². The highest BCUT2D eigenvalue weighted by atomic mass is 32.2. The summed E-state index contributed by atoms with van der Waals surface area (Å²) in [6.45, 7) is 7.56. The van der Waals surface area contributed by atoms with Crippen molar-refractivity contribution in [1.82, 2.24) is 19.7 Å². The Morgan fingerprint density at radius 1 is 1.19 bits per heavy atom. The molecular formula is C18H30N4O4S. The summed E-state index contributed by atoms with van der Waals surface area (Å²) in [5, 5.41) is 6.91. The van der Waals surface area contributed by atoms with Gasteiger partial charge in [-0.3, -0.25) is 9.69 Å². The van der Waals surface area contributed by atoms with Gasteiger partial charge in [0.1, 0.15) is 10.6 Å². The fourth-order valence-electron chi connectivity index (χ4n) is 4.09. The number of aromatic nitrogens is 1. The van der Waals surface area contributed by atoms with E-state index in [-0.39, 0.29) is 16.8 Å². The van der Waals surface area contributed by atoms with Gasteiger partial charge in [0.15, 0.2) is 5.76 Å². The summed E-state index contributed by atoms with van der Waals surface area (Å²) in [6, 6.07) is 0.271. The smallest absolute Gasteiger partial charge is 0.248 e. The number of nitrogens with zero attached hydrogens (tertiary/aromatic N) is 3. The third-order valence-electron chi connectivity index (χ3n) is 5.72. The number of carbonyl (C=O) groups is 1. The predicted molar refractivity (Wildman–Crippen MR) is 101 cm³/mol. The lowest BCUT2D eigenvalue weighted by Crippen LogP contribution is -2.52. The molecule has 152 valence electrons. The van der Waals surface area contributed by atoms with Crippen LogP contribution in [-0.2, 0) is 14.8 Å². The molecule has 1 aromatic rings. The minimum Gasteiger partial charge on any atom is -0.360 e. The zero-order valence-corrected chi connectivity index (χ0v) is 17.2. The molecule has 2 unspecified atom stereocenters. The SMILES string of the molecule is Cc1noc(C)c1S(=O)(=O)N1CCN(CC(=O)NC2CCCCC2C)CC1. The van der Waals surface area contributed by atoms with Gasteiger partial charge in [-0.05, 0) is 32.6 Å². The monoisotopic (exact) mass is 398 g/mol. The molecule has 1 amide bonds. The second kappa shape index (κ2) is 8.28. The first kappa shape index (κ1) is 20.3. The second-order valence-electron chi connectivity index (χ2n) is 7.77. The number of rotatable bonds is 5. The molecule has 1 saturated heterocycles. The molecule has 0 aromatic carbocycles. The van der Waals surface area contributed by atoms with Crippen LogP contribution in [0.15, 0.2) is 9.42 Å². The summed E-state index contributed by atoms with van der Waals surface area (Å²) >= 11 is 0. The Bertz CT molecular complexity index is 749. The quantitative estimate of drug-likeness (QED) is 0.803. The van der Waals surface area contributed by atoms with Crippen molar-refractivity contribution >= 4 is 15.9 Å². The molecule has 2 fully saturated rings. The average Bonchev–Trinajstić information content (AvgIpc) is 2.96. The van der Waals surface area contributed by atoms with E-state index in [0.29, 0.717) is 50.1 Å². The molecule has 1 aliphatic carbocycles. The Kier molecular flexibility index (Phi) is 6.22. The van der Waals surface area contributed by atoms with E-state index in [0.717, 1.165) is 6.42 Å². The summed E-state index contributed by atoms with van der Waals surface area (Å²) in [7, 11) is -3.61. The van der Waals surface area contributed by atoms with Gasteiger partial charge in [0, 0.05) is 32.2 Å². The van der Waals surface area contributed by atoms with Gasteiger partial charge in [0.05, 0.1) is 6.54 Å². The summed E-state index contributed by atoms with van der Waals surface area (Å²) in [4.78, 5) is 14.6. The van der Waals surface area contributed by atoms with Crippen molar-refractivity contribution in [2.24, 2.45) is 5.92 Å². The fraction of sp³-hybridized carbons (Fsp3) is 0.778. The minimum atomic E-state index is -3.61. The minimum absolute atomic E-state index is 0.0378. The number of nitrogens with one attached hydrogen (secondary N) is 1. The lowest BCUT2D eigenvalue weighted by molar-refractivity contribution is -0.123. The van der Waals surface area contributed by atoms with Crippen molar-refractivity contribution < 1.29 is 17.7 Å². The number of aryl methyl sites for hydroxylation is 2. The number of sulfonamides is 1. The highest BCUT2D eigenvalue weighted by Gasteiger charge is 2.33. The van der Waals surface area contributed by atoms with E-state index in [9.17, 15) is 13.2 Å². The van der Waals surface area contributed by atoms with Crippen LogP contribution >= 0.6 is 0 Å². The molecular weight excluding hydrogens is 368 g/mol. The highest BCUT2D eigenvalue weighted by Crippen LogP contribution is 2.25. The summed E-state index contributed by atoms with van der Waals surface area (Å²) in [5.74, 6) is 0.881. The van der Waals surface area contributed by atoms with Crippen LogP contribution in [0.5, 0.6) is 0 Å². The van der Waals surface area contributed by atoms with Crippen molar-refractivity contribution in [2.45, 2.75) is 57.4 Å². The molecule has 27 heavy (non-hydrogen) atoms. The Labute approximate surface area is 161 Å². The molecule has 0 spiro atoms. The van der Waals surface area contributed by atoms with Crippen molar-refractivity contribution in [2.75, 3.05) is 32.7 Å². The highest BCUT2D eigenvalue weighted by molar-refractivity contribution is 7.89. The number of hydrogen-bond donors (Lipinski definition) is 1. The van der Waals surface area contributed by atoms with E-state index in [1.807, 2.05) is 4.90 Å². The van der Waals surface area contributed by atoms with Gasteiger partial charge in [-0.25, -0.2) is 8.42 Å². The van der Waals surface area contributed by atoms with Gasteiger partial charge in [0.2, 0.25) is 15.9 Å². The summed E-state index contributed by atoms with van der Waals surface area (Å²) in [5.41, 5.74) is 0.385. The first-order valence-electron chi connectivity index (χ1n) is 9.74. The van der Waals surface area contributed by atoms with Crippen LogP contribution in [0.1, 0.15) is 44.1 Å². The first-order chi connectivity index (χ1) is 12.8. The van der Waals surface area contributed by atoms with Gasteiger partial charge >= 0.3 is 0 Å². The Hall–Kier alpha value is -1.45. The molecule has 8 nitrogen and oxygen atoms in total. The molecule has 3 rings (SSSR count). The van der Waals surface area contributed by atoms with Gasteiger partial charge in [-0.1, -0.05) is 24.9 Å². The fourth-order valence-corrected chi connectivity index (χ4v) is 5.80. The molecule has 2 heterocycles. The van der Waals surface area contributed by atoms with Crippen LogP contribution in [0.25, 0.3) is 0 Å². The number of hydrogen-bond acceptors (Lipinski definition) is 6. The third kappa shape index (κ3) is 4.52. The number of carbonyl (C=O) groups excluding carboxylic acids is 1. The molecule has 0 radical (unpaired) electrons. The number of piperazine rings is 1. The Balaban J connectivity index is 1.52. The van der Waals surface area contributed by atoms with Crippen molar-refractivity contribution in [3.05, 3.63) is 11.5 Å². The maximum atomic E-state index is 12.8. The Morgan fingerprint density at radius 2 is 1.85 bits per heavy atom. The zero-order valence-electron chi connectivity index (χ0n) is 16.4. The first-order valence-corrected chi connectivity index (χ1v) is 11.2. The largest absolute Gasteiger partial charge is 0.360 e. The van der Waals surface area contributed by atoms with Gasteiger partial charge in [0.25, 0.3) is 0 Å². The normalized spacial score (nSPS) is 25.4. The maximum Gasteiger partial charge on any atom is 0.248 e. The average molecular weight is 399 g/mol. The lowest BCUT2D eigenvalue weighted by atomic mass is 9.86. The van der Waals surface area contributed by atoms with Crippen LogP contribution in [0.4, 0.5) is 0 Å². The summed E-state index contributed by atoms with van der Waals surface area (Å²) < 4.78 is 32.2. The molecule has 1 aromatic heterocycles. The van der Waals surface area contributed by atoms with E-state index < -0.39 is 10.0 Å². The van der Waals surface area contributed by atoms with E-state index in [1.165, 1.54) is 23.6 Å². The van der Waals surface area contributed by atoms with E-state index in [4.69, 9.17) is 4.52 Å². The second-order valence-corrected chi connectivity index (χ2v) is 9.64. The van der Waals surface area contributed by atoms with Crippen LogP contribution in [0, 0.1) is 19.8 Å². The molecule has 0 bridgehead atoms. The summed E-state index contributed by atoms with van der Waals surface area (Å²) in [6.07, 6.45) is 4.64. The van der Waals surface area contributed by atoms with E-state index >= 15 is 0 Å². The van der Waals surface area contributed by atoms with Crippen LogP contribution in [0.2, 0.25) is 0 Å². The maximum absolute atomic E-state index is 12.8. The van der Waals surface area contributed by atoms with E-state index in [2.05, 4.69) is 17.4 Å². The molecule has 9 heteroatoms. The van der Waals surface area contributed by atoms with Crippen molar-refractivity contribution in [3.63, 3.8) is 0 Å². The van der Waals surface area contributed by atoms with Gasteiger partial charge < -0.3 is 9.84 Å². The van der Waals surface area contributed by atoms with Crippen molar-refractivity contribution in [1.29, 1.82) is 0 Å². The predicted octanol–water partition coefficient (Wildman–Crippen LogP) is 1.29. The number of amides is 1. The molecule has 1 aliphatic heterocycles. The third-order valence-corrected chi connectivity index (χ3v) is 7.87. The molecule has 2 aliphatic rings. The van der Waals surface area contributed by atoms with Crippen LogP contribution < -0.4 is 5.32 Å². The topological polar surface area (TPSA) is 95.8 Å². The van der Waals surface area contributed by atoms with Crippen LogP contribution in [-0.4, -0.2) is 67.5 Å². The van der Waals surface area contributed by atoms with Crippen LogP contribution in [0.3, 0.4) is 0 Å². The Morgan fingerprint density at radius 3 is 2.44 bits per heavy atom. The molecule has 2 atom stereocenters. The van der Waals surface area contributed by atoms with Gasteiger partial charge in [-0.15, -0.1) is 0 Å². The van der Waals surface area contributed by atoms with Crippen molar-refractivity contribution in [3.8, 4) is 0 Å². The van der Waals surface area contributed by atoms with E-state index in [1.54, 1.807) is 13.8 Å².